The van der Waals surface area contributed by atoms with Crippen molar-refractivity contribution in [3.05, 3.63) is 75.3 Å². The van der Waals surface area contributed by atoms with Gasteiger partial charge in [-0.25, -0.2) is 0 Å². The van der Waals surface area contributed by atoms with Gasteiger partial charge in [0.25, 0.3) is 11.7 Å². The maximum absolute atomic E-state index is 13.0. The standard InChI is InChI=1S/C24H27BrN2O3/c1-4-26(5-2)13-14-27-21(18-8-6-7-16(3)15-18)20(23(29)24(27)30)22(28)17-9-11-19(25)12-10-17/h6-12,15,21,28H,4-5,13-14H2,1-3H3/b22-20-. The zero-order chi connectivity index (χ0) is 21.8. The van der Waals surface area contributed by atoms with Crippen molar-refractivity contribution in [2.24, 2.45) is 0 Å². The highest BCUT2D eigenvalue weighted by Gasteiger charge is 2.45. The summed E-state index contributed by atoms with van der Waals surface area (Å²) in [7, 11) is 0. The van der Waals surface area contributed by atoms with Crippen molar-refractivity contribution in [1.82, 2.24) is 9.80 Å². The molecular weight excluding hydrogens is 444 g/mol. The molecule has 0 radical (unpaired) electrons. The molecule has 158 valence electrons. The van der Waals surface area contributed by atoms with Crippen LogP contribution in [0.15, 0.2) is 58.6 Å². The second kappa shape index (κ2) is 9.58. The molecule has 1 aliphatic heterocycles. The molecular formula is C24H27BrN2O3. The molecule has 1 saturated heterocycles. The molecule has 1 aliphatic rings. The first-order valence-corrected chi connectivity index (χ1v) is 11.0. The molecule has 5 nitrogen and oxygen atoms in total. The molecule has 1 amide bonds. The number of rotatable bonds is 7. The summed E-state index contributed by atoms with van der Waals surface area (Å²) < 4.78 is 0.869. The molecule has 1 heterocycles. The van der Waals surface area contributed by atoms with E-state index in [-0.39, 0.29) is 11.3 Å². The lowest BCUT2D eigenvalue weighted by atomic mass is 9.94. The van der Waals surface area contributed by atoms with Crippen LogP contribution in [-0.2, 0) is 9.59 Å². The highest BCUT2D eigenvalue weighted by molar-refractivity contribution is 9.10. The zero-order valence-electron chi connectivity index (χ0n) is 17.6. The average molecular weight is 471 g/mol. The van der Waals surface area contributed by atoms with E-state index >= 15 is 0 Å². The van der Waals surface area contributed by atoms with Crippen molar-refractivity contribution in [3.63, 3.8) is 0 Å². The van der Waals surface area contributed by atoms with Crippen molar-refractivity contribution < 1.29 is 14.7 Å². The zero-order valence-corrected chi connectivity index (χ0v) is 19.1. The molecule has 1 atom stereocenters. The molecule has 3 rings (SSSR count). The molecule has 2 aromatic rings. The van der Waals surface area contributed by atoms with E-state index in [1.165, 1.54) is 0 Å². The van der Waals surface area contributed by atoms with E-state index in [0.717, 1.165) is 28.7 Å². The predicted octanol–water partition coefficient (Wildman–Crippen LogP) is 4.52. The lowest BCUT2D eigenvalue weighted by molar-refractivity contribution is -0.140. The fourth-order valence-electron chi connectivity index (χ4n) is 3.85. The maximum atomic E-state index is 13.0. The van der Waals surface area contributed by atoms with Gasteiger partial charge < -0.3 is 14.9 Å². The van der Waals surface area contributed by atoms with Crippen molar-refractivity contribution in [2.45, 2.75) is 26.8 Å². The predicted molar refractivity (Wildman–Crippen MR) is 122 cm³/mol. The molecule has 0 spiro atoms. The highest BCUT2D eigenvalue weighted by Crippen LogP contribution is 2.39. The Morgan fingerprint density at radius 1 is 1.10 bits per heavy atom. The summed E-state index contributed by atoms with van der Waals surface area (Å²) in [6, 6.07) is 14.2. The van der Waals surface area contributed by atoms with Crippen LogP contribution in [0, 0.1) is 6.92 Å². The van der Waals surface area contributed by atoms with Crippen LogP contribution in [0.4, 0.5) is 0 Å². The SMILES string of the molecule is CCN(CC)CCN1C(=O)C(=O)/C(=C(\O)c2ccc(Br)cc2)C1c1cccc(C)c1. The second-order valence-corrected chi connectivity index (χ2v) is 8.36. The molecule has 0 aromatic heterocycles. The first-order chi connectivity index (χ1) is 14.4. The van der Waals surface area contributed by atoms with Gasteiger partial charge in [0.05, 0.1) is 11.6 Å². The summed E-state index contributed by atoms with van der Waals surface area (Å²) in [5.41, 5.74) is 2.52. The van der Waals surface area contributed by atoms with Crippen LogP contribution in [-0.4, -0.2) is 52.8 Å². The number of ketones is 1. The van der Waals surface area contributed by atoms with Gasteiger partial charge in [-0.1, -0.05) is 71.7 Å². The van der Waals surface area contributed by atoms with E-state index < -0.39 is 17.7 Å². The Balaban J connectivity index is 2.09. The van der Waals surface area contributed by atoms with E-state index in [4.69, 9.17) is 0 Å². The smallest absolute Gasteiger partial charge is 0.295 e. The highest BCUT2D eigenvalue weighted by atomic mass is 79.9. The lowest BCUT2D eigenvalue weighted by Crippen LogP contribution is -2.38. The molecule has 30 heavy (non-hydrogen) atoms. The minimum Gasteiger partial charge on any atom is -0.507 e. The van der Waals surface area contributed by atoms with E-state index in [2.05, 4.69) is 34.7 Å². The van der Waals surface area contributed by atoms with Gasteiger partial charge in [-0.2, -0.15) is 0 Å². The quantitative estimate of drug-likeness (QED) is 0.367. The first kappa shape index (κ1) is 22.2. The number of amides is 1. The Morgan fingerprint density at radius 2 is 1.77 bits per heavy atom. The number of carbonyl (C=O) groups excluding carboxylic acids is 2. The fraction of sp³-hybridized carbons (Fsp3) is 0.333. The van der Waals surface area contributed by atoms with Gasteiger partial charge in [0.2, 0.25) is 0 Å². The Morgan fingerprint density at radius 3 is 2.37 bits per heavy atom. The molecule has 0 bridgehead atoms. The van der Waals surface area contributed by atoms with Crippen LogP contribution in [0.25, 0.3) is 5.76 Å². The van der Waals surface area contributed by atoms with Crippen LogP contribution in [0.5, 0.6) is 0 Å². The Kier molecular flexibility index (Phi) is 7.10. The third kappa shape index (κ3) is 4.50. The van der Waals surface area contributed by atoms with E-state index in [9.17, 15) is 14.7 Å². The van der Waals surface area contributed by atoms with Crippen LogP contribution >= 0.6 is 15.9 Å². The van der Waals surface area contributed by atoms with Gasteiger partial charge >= 0.3 is 0 Å². The van der Waals surface area contributed by atoms with Crippen LogP contribution in [0.1, 0.15) is 36.6 Å². The minimum atomic E-state index is -0.638. The second-order valence-electron chi connectivity index (χ2n) is 7.44. The number of likely N-dealkylation sites (N-methyl/N-ethyl adjacent to an activating group) is 1. The summed E-state index contributed by atoms with van der Waals surface area (Å²) in [5.74, 6) is -1.34. The number of Topliss-reactive ketones (excluding diaryl/α,β-unsaturated/α-hetero) is 1. The normalized spacial score (nSPS) is 18.4. The van der Waals surface area contributed by atoms with Crippen molar-refractivity contribution in [2.75, 3.05) is 26.2 Å². The Hall–Kier alpha value is -2.44. The van der Waals surface area contributed by atoms with E-state index in [0.29, 0.717) is 18.7 Å². The third-order valence-corrected chi connectivity index (χ3v) is 6.10. The number of aryl methyl sites for hydroxylation is 1. The van der Waals surface area contributed by atoms with E-state index in [1.807, 2.05) is 31.2 Å². The van der Waals surface area contributed by atoms with Crippen molar-refractivity contribution in [3.8, 4) is 0 Å². The third-order valence-electron chi connectivity index (χ3n) is 5.57. The summed E-state index contributed by atoms with van der Waals surface area (Å²) >= 11 is 3.38. The molecule has 0 saturated carbocycles. The summed E-state index contributed by atoms with van der Waals surface area (Å²) in [6.07, 6.45) is 0. The van der Waals surface area contributed by atoms with Gasteiger partial charge in [-0.15, -0.1) is 0 Å². The number of aliphatic hydroxyl groups excluding tert-OH is 1. The van der Waals surface area contributed by atoms with Crippen LogP contribution in [0.2, 0.25) is 0 Å². The number of carbonyl (C=O) groups is 2. The van der Waals surface area contributed by atoms with Gasteiger partial charge in [0.1, 0.15) is 5.76 Å². The van der Waals surface area contributed by atoms with Gasteiger partial charge in [-0.3, -0.25) is 9.59 Å². The Labute approximate surface area is 186 Å². The average Bonchev–Trinajstić information content (AvgIpc) is 2.99. The number of likely N-dealkylation sites (tertiary alicyclic amines) is 1. The van der Waals surface area contributed by atoms with Gasteiger partial charge in [-0.05, 0) is 37.7 Å². The van der Waals surface area contributed by atoms with E-state index in [1.54, 1.807) is 29.2 Å². The summed E-state index contributed by atoms with van der Waals surface area (Å²) in [6.45, 7) is 8.94. The summed E-state index contributed by atoms with van der Waals surface area (Å²) in [5, 5.41) is 11.0. The fourth-order valence-corrected chi connectivity index (χ4v) is 4.11. The molecule has 1 unspecified atom stereocenters. The Bertz CT molecular complexity index is 965. The summed E-state index contributed by atoms with van der Waals surface area (Å²) in [4.78, 5) is 29.8. The number of halogens is 1. The minimum absolute atomic E-state index is 0.141. The van der Waals surface area contributed by atoms with Crippen LogP contribution < -0.4 is 0 Å². The van der Waals surface area contributed by atoms with Crippen molar-refractivity contribution >= 4 is 33.4 Å². The topological polar surface area (TPSA) is 60.9 Å². The van der Waals surface area contributed by atoms with Crippen LogP contribution in [0.3, 0.4) is 0 Å². The number of hydrogen-bond acceptors (Lipinski definition) is 4. The van der Waals surface area contributed by atoms with Crippen molar-refractivity contribution in [1.29, 1.82) is 0 Å². The maximum Gasteiger partial charge on any atom is 0.295 e. The molecule has 1 N–H and O–H groups in total. The molecule has 2 aromatic carbocycles. The lowest BCUT2D eigenvalue weighted by Gasteiger charge is -2.28. The number of hydrogen-bond donors (Lipinski definition) is 1. The molecule has 0 aliphatic carbocycles. The molecule has 6 heteroatoms. The number of nitrogens with zero attached hydrogens (tertiary/aromatic N) is 2. The van der Waals surface area contributed by atoms with Gasteiger partial charge in [0, 0.05) is 23.1 Å². The van der Waals surface area contributed by atoms with Gasteiger partial charge in [0.15, 0.2) is 0 Å². The number of aliphatic hydroxyl groups is 1. The first-order valence-electron chi connectivity index (χ1n) is 10.2. The molecule has 1 fully saturated rings. The monoisotopic (exact) mass is 470 g/mol. The number of benzene rings is 2. The largest absolute Gasteiger partial charge is 0.507 e.